The van der Waals surface area contributed by atoms with Gasteiger partial charge in [0.15, 0.2) is 23.1 Å². The predicted octanol–water partition coefficient (Wildman–Crippen LogP) is 6.46. The summed E-state index contributed by atoms with van der Waals surface area (Å²) in [7, 11) is 1.54. The lowest BCUT2D eigenvalue weighted by atomic mass is 10.0. The second-order valence-corrected chi connectivity index (χ2v) is 11.3. The van der Waals surface area contributed by atoms with Crippen LogP contribution >= 0.6 is 0 Å². The molecular weight excluding hydrogens is 634 g/mol. The van der Waals surface area contributed by atoms with E-state index in [1.807, 2.05) is 0 Å². The molecule has 13 heteroatoms. The molecule has 0 saturated carbocycles. The van der Waals surface area contributed by atoms with Crippen LogP contribution in [-0.2, 0) is 4.74 Å². The molecule has 4 heterocycles. The molecular formula is C36H32F2N6O5. The van der Waals surface area contributed by atoms with E-state index in [1.165, 1.54) is 48.9 Å². The number of anilines is 2. The highest BCUT2D eigenvalue weighted by molar-refractivity contribution is 5.93. The molecule has 49 heavy (non-hydrogen) atoms. The van der Waals surface area contributed by atoms with E-state index in [0.29, 0.717) is 51.3 Å². The van der Waals surface area contributed by atoms with Crippen molar-refractivity contribution in [1.29, 1.82) is 0 Å². The molecule has 0 unspecified atom stereocenters. The number of hydrogen-bond acceptors (Lipinski definition) is 10. The molecule has 6 aromatic rings. The van der Waals surface area contributed by atoms with Gasteiger partial charge in [-0.2, -0.15) is 0 Å². The van der Waals surface area contributed by atoms with Gasteiger partial charge in [0.2, 0.25) is 11.3 Å². The van der Waals surface area contributed by atoms with Crippen molar-refractivity contribution in [2.75, 3.05) is 51.9 Å². The SMILES string of the molecule is COc1cc2c(Oc3ccc(Nc4nccc5[nH]cc(-c6ccc(F)cc6)c(=O)c45)cc3F)ncnc2cc1OCCCN1CCOCC1. The molecule has 2 N–H and O–H groups in total. The van der Waals surface area contributed by atoms with Crippen LogP contribution in [0.5, 0.6) is 23.1 Å². The van der Waals surface area contributed by atoms with Crippen molar-refractivity contribution < 1.29 is 27.7 Å². The summed E-state index contributed by atoms with van der Waals surface area (Å²) in [5.74, 6) is 0.214. The molecule has 1 aliphatic heterocycles. The number of aromatic amines is 1. The van der Waals surface area contributed by atoms with E-state index in [0.717, 1.165) is 39.3 Å². The van der Waals surface area contributed by atoms with Crippen LogP contribution in [0.15, 0.2) is 84.2 Å². The third-order valence-electron chi connectivity index (χ3n) is 8.22. The Bertz CT molecular complexity index is 2170. The van der Waals surface area contributed by atoms with Gasteiger partial charge in [0, 0.05) is 55.4 Å². The van der Waals surface area contributed by atoms with Crippen molar-refractivity contribution >= 4 is 33.3 Å². The minimum Gasteiger partial charge on any atom is -0.493 e. The largest absolute Gasteiger partial charge is 0.493 e. The number of benzene rings is 3. The monoisotopic (exact) mass is 666 g/mol. The first kappa shape index (κ1) is 31.9. The quantitative estimate of drug-likeness (QED) is 0.149. The molecule has 3 aromatic heterocycles. The summed E-state index contributed by atoms with van der Waals surface area (Å²) in [5.41, 5.74) is 1.98. The number of methoxy groups -OCH3 is 1. The lowest BCUT2D eigenvalue weighted by Gasteiger charge is -2.26. The van der Waals surface area contributed by atoms with E-state index in [2.05, 4.69) is 30.2 Å². The van der Waals surface area contributed by atoms with Crippen LogP contribution in [0, 0.1) is 11.6 Å². The van der Waals surface area contributed by atoms with Crippen molar-refractivity contribution in [1.82, 2.24) is 24.8 Å². The molecule has 3 aromatic carbocycles. The highest BCUT2D eigenvalue weighted by Gasteiger charge is 2.17. The van der Waals surface area contributed by atoms with Crippen LogP contribution in [0.3, 0.4) is 0 Å². The molecule has 0 amide bonds. The lowest BCUT2D eigenvalue weighted by Crippen LogP contribution is -2.37. The zero-order valence-electron chi connectivity index (χ0n) is 26.5. The fourth-order valence-electron chi connectivity index (χ4n) is 5.69. The van der Waals surface area contributed by atoms with E-state index in [9.17, 15) is 9.18 Å². The van der Waals surface area contributed by atoms with Gasteiger partial charge in [0.05, 0.1) is 48.7 Å². The van der Waals surface area contributed by atoms with Crippen LogP contribution in [-0.4, -0.2) is 71.4 Å². The summed E-state index contributed by atoms with van der Waals surface area (Å²) in [6.45, 7) is 4.75. The van der Waals surface area contributed by atoms with Gasteiger partial charge in [-0.3, -0.25) is 9.69 Å². The number of pyridine rings is 2. The Morgan fingerprint density at radius 2 is 1.80 bits per heavy atom. The summed E-state index contributed by atoms with van der Waals surface area (Å²) in [5, 5.41) is 3.83. The summed E-state index contributed by atoms with van der Waals surface area (Å²) in [6.07, 6.45) is 5.28. The Hall–Kier alpha value is -5.66. The standard InChI is InChI=1S/C36H32F2N6O5/c1-46-31-18-25-29(19-32(31)48-14-2-11-44-12-15-47-16-13-44)41-21-42-36(25)49-30-8-7-24(17-27(30)38)43-35-33-28(9-10-39-35)40-20-26(34(33)45)22-3-5-23(37)6-4-22/h3-10,17-21H,2,11-16H2,1H3,(H,39,43)(H,40,45). The molecule has 0 bridgehead atoms. The number of nitrogens with zero attached hydrogens (tertiary/aromatic N) is 4. The minimum atomic E-state index is -0.676. The van der Waals surface area contributed by atoms with Gasteiger partial charge < -0.3 is 29.2 Å². The van der Waals surface area contributed by atoms with E-state index in [1.54, 1.807) is 37.6 Å². The Morgan fingerprint density at radius 1 is 0.959 bits per heavy atom. The average Bonchev–Trinajstić information content (AvgIpc) is 3.12. The van der Waals surface area contributed by atoms with Crippen molar-refractivity contribution in [2.24, 2.45) is 0 Å². The fraction of sp³-hybridized carbons (Fsp3) is 0.222. The summed E-state index contributed by atoms with van der Waals surface area (Å²) >= 11 is 0. The maximum Gasteiger partial charge on any atom is 0.230 e. The van der Waals surface area contributed by atoms with Crippen LogP contribution < -0.4 is 25.0 Å². The van der Waals surface area contributed by atoms with E-state index in [4.69, 9.17) is 18.9 Å². The second-order valence-electron chi connectivity index (χ2n) is 11.3. The lowest BCUT2D eigenvalue weighted by molar-refractivity contribution is 0.0357. The van der Waals surface area contributed by atoms with Crippen molar-refractivity contribution in [3.05, 3.63) is 101 Å². The Morgan fingerprint density at radius 3 is 2.59 bits per heavy atom. The molecule has 250 valence electrons. The highest BCUT2D eigenvalue weighted by Crippen LogP contribution is 2.37. The number of halogens is 2. The Balaban J connectivity index is 1.09. The minimum absolute atomic E-state index is 0.0738. The van der Waals surface area contributed by atoms with Gasteiger partial charge in [-0.25, -0.2) is 23.7 Å². The Labute approximate surface area is 279 Å². The first-order valence-corrected chi connectivity index (χ1v) is 15.7. The molecule has 0 atom stereocenters. The maximum absolute atomic E-state index is 15.5. The number of ether oxygens (including phenoxy) is 4. The summed E-state index contributed by atoms with van der Waals surface area (Å²) < 4.78 is 51.9. The summed E-state index contributed by atoms with van der Waals surface area (Å²) in [6, 6.07) is 15.0. The first-order valence-electron chi connectivity index (χ1n) is 15.7. The van der Waals surface area contributed by atoms with Crippen molar-refractivity contribution in [2.45, 2.75) is 6.42 Å². The molecule has 0 aliphatic carbocycles. The average molecular weight is 667 g/mol. The van der Waals surface area contributed by atoms with Gasteiger partial charge in [-0.15, -0.1) is 0 Å². The molecule has 0 radical (unpaired) electrons. The smallest absolute Gasteiger partial charge is 0.230 e. The van der Waals surface area contributed by atoms with E-state index >= 15 is 4.39 Å². The van der Waals surface area contributed by atoms with Crippen LogP contribution in [0.2, 0.25) is 0 Å². The van der Waals surface area contributed by atoms with Gasteiger partial charge in [-0.1, -0.05) is 12.1 Å². The molecule has 1 aliphatic rings. The first-order chi connectivity index (χ1) is 24.0. The van der Waals surface area contributed by atoms with E-state index in [-0.39, 0.29) is 28.3 Å². The molecule has 11 nitrogen and oxygen atoms in total. The normalized spacial score (nSPS) is 13.4. The highest BCUT2D eigenvalue weighted by atomic mass is 19.1. The molecule has 0 spiro atoms. The number of rotatable bonds is 11. The summed E-state index contributed by atoms with van der Waals surface area (Å²) in [4.78, 5) is 31.9. The Kier molecular flexibility index (Phi) is 9.26. The number of H-pyrrole nitrogens is 1. The third kappa shape index (κ3) is 6.98. The third-order valence-corrected chi connectivity index (χ3v) is 8.22. The number of hydrogen-bond donors (Lipinski definition) is 2. The molecule has 1 fully saturated rings. The van der Waals surface area contributed by atoms with Gasteiger partial charge >= 0.3 is 0 Å². The van der Waals surface area contributed by atoms with Crippen LogP contribution in [0.1, 0.15) is 6.42 Å². The second kappa shape index (κ2) is 14.2. The van der Waals surface area contributed by atoms with Gasteiger partial charge in [0.1, 0.15) is 18.0 Å². The molecule has 1 saturated heterocycles. The van der Waals surface area contributed by atoms with Crippen LogP contribution in [0.25, 0.3) is 32.9 Å². The van der Waals surface area contributed by atoms with Crippen LogP contribution in [0.4, 0.5) is 20.3 Å². The predicted molar refractivity (Wildman–Crippen MR) is 181 cm³/mol. The zero-order valence-corrected chi connectivity index (χ0v) is 26.5. The number of fused-ring (bicyclic) bond motifs is 2. The maximum atomic E-state index is 15.5. The fourth-order valence-corrected chi connectivity index (χ4v) is 5.69. The van der Waals surface area contributed by atoms with E-state index < -0.39 is 11.6 Å². The molecule has 7 rings (SSSR count). The van der Waals surface area contributed by atoms with Gasteiger partial charge in [0.25, 0.3) is 0 Å². The number of morpholine rings is 1. The topological polar surface area (TPSA) is 124 Å². The van der Waals surface area contributed by atoms with Gasteiger partial charge in [-0.05, 0) is 48.4 Å². The van der Waals surface area contributed by atoms with Crippen molar-refractivity contribution in [3.8, 4) is 34.3 Å². The number of nitrogens with one attached hydrogen (secondary N) is 2. The van der Waals surface area contributed by atoms with Crippen molar-refractivity contribution in [3.63, 3.8) is 0 Å². The number of aromatic nitrogens is 4. The zero-order chi connectivity index (χ0) is 33.7.